The third kappa shape index (κ3) is 7.66. The van der Waals surface area contributed by atoms with E-state index in [2.05, 4.69) is 20.9 Å². The van der Waals surface area contributed by atoms with Crippen LogP contribution < -0.4 is 30.2 Å². The quantitative estimate of drug-likeness (QED) is 0.207. The maximum absolute atomic E-state index is 12.8. The molecule has 3 unspecified atom stereocenters. The third-order valence-electron chi connectivity index (χ3n) is 8.52. The number of likely N-dealkylation sites (tertiary alicyclic amines) is 1. The van der Waals surface area contributed by atoms with Crippen molar-refractivity contribution in [1.82, 2.24) is 10.2 Å². The number of carbonyl (C=O) groups is 3. The minimum absolute atomic E-state index is 0.0642. The first-order valence-electron chi connectivity index (χ1n) is 14.8. The predicted octanol–water partition coefficient (Wildman–Crippen LogP) is 5.55. The second-order valence-corrected chi connectivity index (χ2v) is 11.4. The molecule has 3 atom stereocenters. The highest BCUT2D eigenvalue weighted by Gasteiger charge is 2.43. The molecular formula is C34H42N4O7. The normalized spacial score (nSPS) is 16.6. The number of ether oxygens (including phenoxy) is 3. The van der Waals surface area contributed by atoms with E-state index in [-0.39, 0.29) is 18.2 Å². The van der Waals surface area contributed by atoms with Crippen molar-refractivity contribution < 1.29 is 33.7 Å². The number of carboxylic acid groups (broad SMARTS) is 1. The molecule has 3 aromatic carbocycles. The molecule has 0 aliphatic carbocycles. The minimum atomic E-state index is -0.915. The van der Waals surface area contributed by atoms with Gasteiger partial charge in [-0.25, -0.2) is 4.79 Å². The van der Waals surface area contributed by atoms with E-state index < -0.39 is 23.6 Å². The summed E-state index contributed by atoms with van der Waals surface area (Å²) >= 11 is 0. The average molecular weight is 619 g/mol. The number of benzene rings is 3. The maximum atomic E-state index is 12.8. The van der Waals surface area contributed by atoms with E-state index in [1.807, 2.05) is 62.4 Å². The van der Waals surface area contributed by atoms with Crippen LogP contribution in [-0.4, -0.2) is 62.3 Å². The molecule has 11 nitrogen and oxygen atoms in total. The molecule has 3 aromatic rings. The second kappa shape index (κ2) is 14.3. The van der Waals surface area contributed by atoms with Gasteiger partial charge in [-0.3, -0.25) is 14.5 Å². The highest BCUT2D eigenvalue weighted by Crippen LogP contribution is 2.42. The van der Waals surface area contributed by atoms with Crippen LogP contribution in [0.3, 0.4) is 0 Å². The first-order valence-corrected chi connectivity index (χ1v) is 14.8. The molecule has 1 heterocycles. The molecule has 0 spiro atoms. The van der Waals surface area contributed by atoms with Gasteiger partial charge in [0, 0.05) is 25.2 Å². The summed E-state index contributed by atoms with van der Waals surface area (Å²) < 4.78 is 16.5. The zero-order valence-electron chi connectivity index (χ0n) is 26.6. The van der Waals surface area contributed by atoms with Gasteiger partial charge in [-0.1, -0.05) is 30.3 Å². The lowest BCUT2D eigenvalue weighted by Crippen LogP contribution is -2.49. The Bertz CT molecular complexity index is 1540. The minimum Gasteiger partial charge on any atom is -0.495 e. The smallest absolute Gasteiger partial charge is 0.323 e. The molecule has 0 bridgehead atoms. The number of nitrogens with zero attached hydrogens (tertiary/aromatic N) is 1. The molecule has 45 heavy (non-hydrogen) atoms. The Balaban J connectivity index is 1.60. The molecular weight excluding hydrogens is 576 g/mol. The van der Waals surface area contributed by atoms with Crippen molar-refractivity contribution in [2.24, 2.45) is 5.92 Å². The third-order valence-corrected chi connectivity index (χ3v) is 8.52. The molecule has 240 valence electrons. The van der Waals surface area contributed by atoms with Crippen molar-refractivity contribution in [3.8, 4) is 17.2 Å². The van der Waals surface area contributed by atoms with Crippen LogP contribution in [0.2, 0.25) is 0 Å². The summed E-state index contributed by atoms with van der Waals surface area (Å²) in [5.41, 5.74) is 2.89. The molecule has 4 rings (SSSR count). The highest BCUT2D eigenvalue weighted by molar-refractivity contribution is 6.01. The number of aryl methyl sites for hydroxylation is 1. The summed E-state index contributed by atoms with van der Waals surface area (Å²) in [4.78, 5) is 39.5. The number of methoxy groups -OCH3 is 3. The molecule has 1 fully saturated rings. The van der Waals surface area contributed by atoms with Gasteiger partial charge in [0.15, 0.2) is 11.5 Å². The lowest BCUT2D eigenvalue weighted by atomic mass is 9.78. The molecule has 1 aliphatic heterocycles. The van der Waals surface area contributed by atoms with Crippen molar-refractivity contribution in [2.45, 2.75) is 45.2 Å². The number of amides is 3. The van der Waals surface area contributed by atoms with Crippen LogP contribution in [0.25, 0.3) is 0 Å². The fourth-order valence-electron chi connectivity index (χ4n) is 6.11. The average Bonchev–Trinajstić information content (AvgIpc) is 3.51. The molecule has 0 saturated carbocycles. The Morgan fingerprint density at radius 1 is 0.933 bits per heavy atom. The standard InChI is InChI=1S/C34H42N4O7/c1-21-9-7-8-10-26(21)35-33(42)36-27-13-12-24(18-30(27)44-5)34(3,37-22(2)39)25-15-16-38(20-25)28(19-32(40)41)23-11-14-29(43-4)31(17-23)45-6/h7-14,17-18,25,28H,15-16,19-20H2,1-6H3,(H,37,39)(H,40,41)(H2,35,36,42). The number of carbonyl (C=O) groups excluding carboxylic acids is 2. The first kappa shape index (κ1) is 33.1. The number of carboxylic acids is 1. The number of anilines is 2. The van der Waals surface area contributed by atoms with Gasteiger partial charge in [-0.15, -0.1) is 0 Å². The fourth-order valence-corrected chi connectivity index (χ4v) is 6.11. The summed E-state index contributed by atoms with van der Waals surface area (Å²) in [5.74, 6) is 0.350. The van der Waals surface area contributed by atoms with Crippen molar-refractivity contribution in [2.75, 3.05) is 45.1 Å². The Kier molecular flexibility index (Phi) is 10.6. The molecule has 3 amide bonds. The van der Waals surface area contributed by atoms with Crippen molar-refractivity contribution in [3.05, 3.63) is 77.4 Å². The van der Waals surface area contributed by atoms with E-state index in [4.69, 9.17) is 14.2 Å². The number of urea groups is 1. The van der Waals surface area contributed by atoms with Crippen LogP contribution in [0.4, 0.5) is 16.2 Å². The molecule has 0 aromatic heterocycles. The van der Waals surface area contributed by atoms with E-state index in [1.165, 1.54) is 14.0 Å². The number of nitrogens with one attached hydrogen (secondary N) is 3. The van der Waals surface area contributed by atoms with Gasteiger partial charge in [0.2, 0.25) is 5.91 Å². The van der Waals surface area contributed by atoms with Crippen molar-refractivity contribution in [1.29, 1.82) is 0 Å². The number of hydrogen-bond acceptors (Lipinski definition) is 7. The number of hydrogen-bond donors (Lipinski definition) is 4. The predicted molar refractivity (Wildman–Crippen MR) is 172 cm³/mol. The van der Waals surface area contributed by atoms with Crippen LogP contribution in [0.15, 0.2) is 60.7 Å². The topological polar surface area (TPSA) is 138 Å². The van der Waals surface area contributed by atoms with E-state index in [0.29, 0.717) is 48.1 Å². The summed E-state index contributed by atoms with van der Waals surface area (Å²) in [6.07, 6.45) is 0.610. The van der Waals surface area contributed by atoms with Crippen LogP contribution >= 0.6 is 0 Å². The number of aliphatic carboxylic acids is 1. The fraction of sp³-hybridized carbons (Fsp3) is 0.382. The van der Waals surface area contributed by atoms with Crippen molar-refractivity contribution in [3.63, 3.8) is 0 Å². The second-order valence-electron chi connectivity index (χ2n) is 11.4. The van der Waals surface area contributed by atoms with Gasteiger partial charge in [0.25, 0.3) is 0 Å². The van der Waals surface area contributed by atoms with E-state index >= 15 is 0 Å². The zero-order valence-corrected chi connectivity index (χ0v) is 26.6. The Labute approximate surface area is 263 Å². The van der Waals surface area contributed by atoms with Gasteiger partial charge in [-0.2, -0.15) is 0 Å². The highest BCUT2D eigenvalue weighted by atomic mass is 16.5. The van der Waals surface area contributed by atoms with Crippen LogP contribution in [-0.2, 0) is 15.1 Å². The Morgan fingerprint density at radius 3 is 2.27 bits per heavy atom. The maximum Gasteiger partial charge on any atom is 0.323 e. The summed E-state index contributed by atoms with van der Waals surface area (Å²) in [5, 5.41) is 18.7. The lowest BCUT2D eigenvalue weighted by molar-refractivity contribution is -0.138. The summed E-state index contributed by atoms with van der Waals surface area (Å²) in [6.45, 7) is 6.52. The van der Waals surface area contributed by atoms with E-state index in [9.17, 15) is 19.5 Å². The Hall–Kier alpha value is -4.77. The molecule has 1 saturated heterocycles. The zero-order chi connectivity index (χ0) is 32.7. The van der Waals surface area contributed by atoms with E-state index in [0.717, 1.165) is 16.7 Å². The van der Waals surface area contributed by atoms with Crippen LogP contribution in [0.1, 0.15) is 49.4 Å². The first-order chi connectivity index (χ1) is 21.5. The van der Waals surface area contributed by atoms with Crippen LogP contribution in [0, 0.1) is 12.8 Å². The van der Waals surface area contributed by atoms with Gasteiger partial charge >= 0.3 is 12.0 Å². The number of para-hydroxylation sites is 1. The van der Waals surface area contributed by atoms with Gasteiger partial charge in [0.05, 0.1) is 39.0 Å². The van der Waals surface area contributed by atoms with E-state index in [1.54, 1.807) is 26.4 Å². The largest absolute Gasteiger partial charge is 0.495 e. The molecule has 4 N–H and O–H groups in total. The molecule has 11 heteroatoms. The van der Waals surface area contributed by atoms with Gasteiger partial charge in [0.1, 0.15) is 5.75 Å². The molecule has 0 radical (unpaired) electrons. The summed E-state index contributed by atoms with van der Waals surface area (Å²) in [7, 11) is 4.62. The van der Waals surface area contributed by atoms with Crippen molar-refractivity contribution >= 4 is 29.3 Å². The van der Waals surface area contributed by atoms with Gasteiger partial charge in [-0.05, 0) is 79.8 Å². The van der Waals surface area contributed by atoms with Gasteiger partial charge < -0.3 is 35.3 Å². The Morgan fingerprint density at radius 2 is 1.62 bits per heavy atom. The number of rotatable bonds is 12. The SMILES string of the molecule is COc1cc(C(C)(NC(C)=O)C2CCN(C(CC(=O)O)c3ccc(OC)c(OC)c3)C2)ccc1NC(=O)Nc1ccccc1C. The molecule has 1 aliphatic rings. The lowest BCUT2D eigenvalue weighted by Gasteiger charge is -2.38. The van der Waals surface area contributed by atoms with Crippen LogP contribution in [0.5, 0.6) is 17.2 Å². The summed E-state index contributed by atoms with van der Waals surface area (Å²) in [6, 6.07) is 17.6. The monoisotopic (exact) mass is 618 g/mol.